The Bertz CT molecular complexity index is 307. The summed E-state index contributed by atoms with van der Waals surface area (Å²) in [4.78, 5) is 29.5. The topological polar surface area (TPSA) is 206 Å². The summed E-state index contributed by atoms with van der Waals surface area (Å²) in [5, 5.41) is 0. The van der Waals surface area contributed by atoms with Gasteiger partial charge in [0.05, 0.1) is 0 Å². The van der Waals surface area contributed by atoms with E-state index in [0.717, 1.165) is 12.8 Å². The highest BCUT2D eigenvalue weighted by atomic mass is 127. The maximum atomic E-state index is 10.6. The van der Waals surface area contributed by atoms with E-state index in [9.17, 15) is 9.59 Å². The molecule has 0 aromatic rings. The molecule has 0 aromatic heterocycles. The van der Waals surface area contributed by atoms with Crippen LogP contribution in [0.3, 0.4) is 0 Å². The van der Waals surface area contributed by atoms with E-state index in [1.54, 1.807) is 0 Å². The average Bonchev–Trinajstić information content (AvgIpc) is 2.55. The fraction of sp³-hybridized carbons (Fsp3) is 0.769. The number of aldehydes is 1. The van der Waals surface area contributed by atoms with Gasteiger partial charge in [0.25, 0.3) is 0 Å². The minimum Gasteiger partial charge on any atom is -0.304 e. The van der Waals surface area contributed by atoms with E-state index in [-0.39, 0.29) is 19.2 Å². The second-order valence-electron chi connectivity index (χ2n) is 3.21. The summed E-state index contributed by atoms with van der Waals surface area (Å²) in [6.07, 6.45) is 1.61. The molecule has 0 saturated heterocycles. The number of hydrogen-bond donors (Lipinski definition) is 6. The van der Waals surface area contributed by atoms with E-state index in [0.29, 0.717) is 24.3 Å². The molecule has 0 bridgehead atoms. The highest BCUT2D eigenvalue weighted by molar-refractivity contribution is 7.80. The van der Waals surface area contributed by atoms with E-state index in [1.807, 2.05) is 26.2 Å². The fourth-order valence-electron chi connectivity index (χ4n) is 0.525. The fourth-order valence-corrected chi connectivity index (χ4v) is 0.931. The molecule has 0 aliphatic carbocycles. The lowest BCUT2D eigenvalue weighted by Gasteiger charge is -2.08. The summed E-state index contributed by atoms with van der Waals surface area (Å²) in [5.41, 5.74) is 7.17. The maximum absolute atomic E-state index is 10.6. The van der Waals surface area contributed by atoms with Gasteiger partial charge < -0.3 is 4.79 Å². The van der Waals surface area contributed by atoms with Crippen LogP contribution in [-0.2, 0) is 14.4 Å². The summed E-state index contributed by atoms with van der Waals surface area (Å²) in [6, 6.07) is 0. The van der Waals surface area contributed by atoms with Crippen molar-refractivity contribution in [2.75, 3.05) is 18.1 Å². The summed E-state index contributed by atoms with van der Waals surface area (Å²) >= 11 is 1.75. The third-order valence-electron chi connectivity index (χ3n) is 1.24. The predicted molar refractivity (Wildman–Crippen MR) is 101 cm³/mol. The van der Waals surface area contributed by atoms with Crippen LogP contribution in [0.2, 0.25) is 0 Å². The number of nitrogens with one attached hydrogen (secondary N) is 3. The number of carbonyl (C=O) groups excluding carboxylic acids is 3. The van der Waals surface area contributed by atoms with Gasteiger partial charge in [0.1, 0.15) is 26.4 Å². The Balaban J connectivity index is -0.0000000551. The van der Waals surface area contributed by atoms with Crippen molar-refractivity contribution in [3.05, 3.63) is 0 Å². The Morgan fingerprint density at radius 3 is 1.52 bits per heavy atom. The number of carbonyl (C=O) groups is 3. The lowest BCUT2D eigenvalue weighted by molar-refractivity contribution is -2.00. The molecule has 27 heavy (non-hydrogen) atoms. The van der Waals surface area contributed by atoms with Gasteiger partial charge in [-0.25, -0.2) is 11.3 Å². The van der Waals surface area contributed by atoms with Gasteiger partial charge in [-0.1, -0.05) is 28.2 Å². The summed E-state index contributed by atoms with van der Waals surface area (Å²) < 4.78 is 34.5. The van der Waals surface area contributed by atoms with Crippen LogP contribution in [-0.4, -0.2) is 36.2 Å². The van der Waals surface area contributed by atoms with E-state index in [1.165, 1.54) is 6.92 Å². The molecule has 0 radical (unpaired) electrons. The third kappa shape index (κ3) is 105. The Morgan fingerprint density at radius 2 is 1.33 bits per heavy atom. The van der Waals surface area contributed by atoms with Crippen molar-refractivity contribution in [3.8, 4) is 0 Å². The molecular formula is C13H34IN4O7S2-. The number of amides is 2. The van der Waals surface area contributed by atoms with Crippen molar-refractivity contribution < 1.29 is 48.2 Å². The van der Waals surface area contributed by atoms with Gasteiger partial charge in [-0.3, -0.25) is 34.2 Å². The van der Waals surface area contributed by atoms with Gasteiger partial charge in [0.2, 0.25) is 11.8 Å². The Labute approximate surface area is 179 Å². The van der Waals surface area contributed by atoms with E-state index >= 15 is 0 Å². The number of hydrazine groups is 2. The van der Waals surface area contributed by atoms with Gasteiger partial charge in [0.15, 0.2) is 0 Å². The molecule has 0 saturated carbocycles. The number of nitrogens with two attached hydrogens (primary N) is 1. The van der Waals surface area contributed by atoms with Gasteiger partial charge in [-0.15, -0.1) is 0 Å². The molecule has 0 aliphatic heterocycles. The lowest BCUT2D eigenvalue weighted by Crippen LogP contribution is -4.29. The van der Waals surface area contributed by atoms with Crippen LogP contribution < -0.4 is 56.0 Å². The van der Waals surface area contributed by atoms with Crippen LogP contribution >= 0.6 is 25.3 Å². The minimum atomic E-state index is -5.94. The quantitative estimate of drug-likeness (QED) is 0.0465. The van der Waals surface area contributed by atoms with E-state index < -0.39 is 20.1 Å². The SMILES string of the molecule is C.CC.CC=O.CCNNC(=O)CCS.NNC(=O)CCS.[O-][I+3]([O-])([O-])[O-]. The van der Waals surface area contributed by atoms with Crippen molar-refractivity contribution in [2.45, 2.75) is 48.0 Å². The van der Waals surface area contributed by atoms with Crippen LogP contribution in [0, 0.1) is 0 Å². The van der Waals surface area contributed by atoms with Crippen LogP contribution in [0.4, 0.5) is 0 Å². The van der Waals surface area contributed by atoms with Crippen molar-refractivity contribution in [1.82, 2.24) is 16.3 Å². The molecular weight excluding hydrogens is 515 g/mol. The first-order chi connectivity index (χ1) is 12.0. The number of thiol groups is 2. The molecule has 11 nitrogen and oxygen atoms in total. The zero-order chi connectivity index (χ0) is 22.0. The molecule has 0 atom stereocenters. The zero-order valence-electron chi connectivity index (χ0n) is 15.3. The van der Waals surface area contributed by atoms with Crippen molar-refractivity contribution in [2.24, 2.45) is 5.84 Å². The normalized spacial score (nSPS) is 8.11. The van der Waals surface area contributed by atoms with Gasteiger partial charge in [-0.05, 0) is 18.4 Å². The largest absolute Gasteiger partial charge is 0.304 e. The molecule has 0 unspecified atom stereocenters. The molecule has 5 N–H and O–H groups in total. The lowest BCUT2D eigenvalue weighted by atomic mass is 10.5. The van der Waals surface area contributed by atoms with Crippen LogP contribution in [0.1, 0.15) is 48.0 Å². The van der Waals surface area contributed by atoms with E-state index in [4.69, 9.17) is 24.4 Å². The Hall–Kier alpha value is -0.200. The van der Waals surface area contributed by atoms with Crippen LogP contribution in [0.25, 0.3) is 0 Å². The molecule has 0 fully saturated rings. The highest BCUT2D eigenvalue weighted by Gasteiger charge is 1.95. The second kappa shape index (κ2) is 36.7. The molecule has 14 heteroatoms. The van der Waals surface area contributed by atoms with Crippen LogP contribution in [0.15, 0.2) is 0 Å². The first kappa shape index (κ1) is 41.2. The zero-order valence-corrected chi connectivity index (χ0v) is 19.3. The van der Waals surface area contributed by atoms with Gasteiger partial charge in [0, 0.05) is 19.4 Å². The smallest absolute Gasteiger partial charge is 0.234 e. The van der Waals surface area contributed by atoms with Gasteiger partial charge in [-0.2, -0.15) is 25.3 Å². The molecule has 2 amide bonds. The second-order valence-corrected chi connectivity index (χ2v) is 6.26. The standard InChI is InChI=1S/C5H12N2OS.C3H8N2OS.C2H4O.C2H6.CH4.IO4/c1-2-6-7-5(8)3-4-9;4-5-3(6)1-2-7;1-2-3;1-2;;2-1(3,4)5/h6,9H,2-4H2,1H3,(H,7,8);7H,1-2,4H2,(H,5,6);2H,1H3;1-2H3;1H4;/q;;;;;-1. The van der Waals surface area contributed by atoms with Crippen LogP contribution in [0.5, 0.6) is 0 Å². The van der Waals surface area contributed by atoms with Crippen molar-refractivity contribution in [1.29, 1.82) is 0 Å². The predicted octanol–water partition coefficient (Wildman–Crippen LogP) is -6.64. The number of halogens is 1. The number of hydrogen-bond acceptors (Lipinski definition) is 11. The molecule has 0 aliphatic rings. The molecule has 168 valence electrons. The highest BCUT2D eigenvalue weighted by Crippen LogP contribution is 1.80. The van der Waals surface area contributed by atoms with E-state index in [2.05, 4.69) is 36.1 Å². The molecule has 0 aromatic carbocycles. The van der Waals surface area contributed by atoms with Gasteiger partial charge >= 0.3 is 0 Å². The van der Waals surface area contributed by atoms with Crippen molar-refractivity contribution in [3.63, 3.8) is 0 Å². The Kier molecular flexibility index (Phi) is 56.0. The third-order valence-corrected chi connectivity index (χ3v) is 1.69. The number of rotatable bonds is 6. The minimum absolute atomic E-state index is 0. The first-order valence-electron chi connectivity index (χ1n) is 7.28. The molecule has 0 rings (SSSR count). The van der Waals surface area contributed by atoms with Crippen molar-refractivity contribution >= 4 is 43.4 Å². The summed E-state index contributed by atoms with van der Waals surface area (Å²) in [6.45, 7) is 8.11. The first-order valence-corrected chi connectivity index (χ1v) is 12.1. The molecule has 0 spiro atoms. The Morgan fingerprint density at radius 1 is 1.04 bits per heavy atom. The summed E-state index contributed by atoms with van der Waals surface area (Å²) in [7, 11) is 0. The maximum Gasteiger partial charge on any atom is 0.234 e. The monoisotopic (exact) mass is 549 g/mol. The summed E-state index contributed by atoms with van der Waals surface area (Å²) in [5.74, 6) is 5.68. The molecule has 0 heterocycles. The average molecular weight is 549 g/mol.